The van der Waals surface area contributed by atoms with Crippen LogP contribution in [-0.4, -0.2) is 29.7 Å². The summed E-state index contributed by atoms with van der Waals surface area (Å²) < 4.78 is 11.0. The molecule has 1 aliphatic rings. The molecule has 0 aromatic heterocycles. The standard InChI is InChI=1S/C13H16O3.C7H8O/c1-10-13(14)7-12(16-10)9-15-8-11-5-3-2-4-6-11;8-6-7-4-2-1-3-5-7/h2-6,10,12H,7-9H2,1H3;1-5,8H,6H2. The first-order valence-electron chi connectivity index (χ1n) is 8.13. The highest BCUT2D eigenvalue weighted by Crippen LogP contribution is 2.16. The lowest BCUT2D eigenvalue weighted by molar-refractivity contribution is -0.121. The number of ether oxygens (including phenoxy) is 2. The van der Waals surface area contributed by atoms with Crippen molar-refractivity contribution >= 4 is 5.78 Å². The monoisotopic (exact) mass is 328 g/mol. The third-order valence-electron chi connectivity index (χ3n) is 3.72. The number of carbonyl (C=O) groups excluding carboxylic acids is 1. The Labute approximate surface area is 143 Å². The summed E-state index contributed by atoms with van der Waals surface area (Å²) in [5, 5.41) is 8.54. The van der Waals surface area contributed by atoms with E-state index in [0.29, 0.717) is 19.6 Å². The van der Waals surface area contributed by atoms with Crippen LogP contribution in [0.15, 0.2) is 60.7 Å². The van der Waals surface area contributed by atoms with Crippen LogP contribution in [-0.2, 0) is 27.5 Å². The second-order valence-corrected chi connectivity index (χ2v) is 5.72. The zero-order valence-electron chi connectivity index (χ0n) is 13.9. The van der Waals surface area contributed by atoms with Gasteiger partial charge in [-0.3, -0.25) is 4.79 Å². The van der Waals surface area contributed by atoms with Crippen LogP contribution < -0.4 is 0 Å². The Kier molecular flexibility index (Phi) is 7.62. The van der Waals surface area contributed by atoms with E-state index < -0.39 is 0 Å². The molecule has 0 aliphatic carbocycles. The Morgan fingerprint density at radius 1 is 1.04 bits per heavy atom. The van der Waals surface area contributed by atoms with Gasteiger partial charge in [0.25, 0.3) is 0 Å². The molecule has 4 heteroatoms. The predicted octanol–water partition coefficient (Wildman–Crippen LogP) is 3.13. The molecule has 3 rings (SSSR count). The molecule has 24 heavy (non-hydrogen) atoms. The lowest BCUT2D eigenvalue weighted by atomic mass is 10.2. The van der Waals surface area contributed by atoms with Crippen molar-refractivity contribution in [3.05, 3.63) is 71.8 Å². The zero-order chi connectivity index (χ0) is 17.2. The molecule has 4 nitrogen and oxygen atoms in total. The molecule has 0 radical (unpaired) electrons. The highest BCUT2D eigenvalue weighted by molar-refractivity contribution is 5.84. The van der Waals surface area contributed by atoms with Crippen LogP contribution in [0.1, 0.15) is 24.5 Å². The van der Waals surface area contributed by atoms with Crippen molar-refractivity contribution < 1.29 is 19.4 Å². The molecular weight excluding hydrogens is 304 g/mol. The SMILES string of the molecule is CC1OC(COCc2ccccc2)CC1=O.OCc1ccccc1. The molecule has 2 aromatic carbocycles. The van der Waals surface area contributed by atoms with E-state index in [1.165, 1.54) is 0 Å². The largest absolute Gasteiger partial charge is 0.392 e. The highest BCUT2D eigenvalue weighted by atomic mass is 16.5. The Morgan fingerprint density at radius 2 is 1.62 bits per heavy atom. The fourth-order valence-corrected chi connectivity index (χ4v) is 2.37. The minimum atomic E-state index is -0.259. The third kappa shape index (κ3) is 6.24. The van der Waals surface area contributed by atoms with E-state index >= 15 is 0 Å². The first kappa shape index (κ1) is 18.3. The minimum Gasteiger partial charge on any atom is -0.392 e. The smallest absolute Gasteiger partial charge is 0.163 e. The second kappa shape index (κ2) is 9.98. The van der Waals surface area contributed by atoms with Gasteiger partial charge in [0.15, 0.2) is 5.78 Å². The summed E-state index contributed by atoms with van der Waals surface area (Å²) in [4.78, 5) is 11.2. The fraction of sp³-hybridized carbons (Fsp3) is 0.350. The predicted molar refractivity (Wildman–Crippen MR) is 92.4 cm³/mol. The first-order chi connectivity index (χ1) is 11.7. The maximum absolute atomic E-state index is 11.2. The Morgan fingerprint density at radius 3 is 2.08 bits per heavy atom. The number of Topliss-reactive ketones (excluding diaryl/α,β-unsaturated/α-hetero) is 1. The molecule has 0 bridgehead atoms. The number of rotatable bonds is 5. The molecule has 1 heterocycles. The highest BCUT2D eigenvalue weighted by Gasteiger charge is 2.29. The zero-order valence-corrected chi connectivity index (χ0v) is 13.9. The first-order valence-corrected chi connectivity index (χ1v) is 8.13. The summed E-state index contributed by atoms with van der Waals surface area (Å²) in [6, 6.07) is 19.5. The Balaban J connectivity index is 0.000000219. The lowest BCUT2D eigenvalue weighted by Crippen LogP contribution is -2.15. The van der Waals surface area contributed by atoms with E-state index in [9.17, 15) is 4.79 Å². The van der Waals surface area contributed by atoms with Crippen molar-refractivity contribution in [2.24, 2.45) is 0 Å². The number of ketones is 1. The van der Waals surface area contributed by atoms with Crippen molar-refractivity contribution in [1.82, 2.24) is 0 Å². The molecule has 2 unspecified atom stereocenters. The van der Waals surface area contributed by atoms with Crippen LogP contribution in [0.2, 0.25) is 0 Å². The van der Waals surface area contributed by atoms with Gasteiger partial charge >= 0.3 is 0 Å². The fourth-order valence-electron chi connectivity index (χ4n) is 2.37. The average molecular weight is 328 g/mol. The molecule has 1 aliphatic heterocycles. The van der Waals surface area contributed by atoms with Crippen molar-refractivity contribution in [3.63, 3.8) is 0 Å². The van der Waals surface area contributed by atoms with E-state index in [-0.39, 0.29) is 24.6 Å². The molecule has 128 valence electrons. The number of aliphatic hydroxyl groups excluding tert-OH is 1. The molecule has 2 aromatic rings. The van der Waals surface area contributed by atoms with Crippen LogP contribution in [0.25, 0.3) is 0 Å². The van der Waals surface area contributed by atoms with Gasteiger partial charge in [-0.15, -0.1) is 0 Å². The van der Waals surface area contributed by atoms with E-state index in [4.69, 9.17) is 14.6 Å². The number of carbonyl (C=O) groups is 1. The topological polar surface area (TPSA) is 55.8 Å². The van der Waals surface area contributed by atoms with Gasteiger partial charge in [0.2, 0.25) is 0 Å². The van der Waals surface area contributed by atoms with Crippen LogP contribution in [0, 0.1) is 0 Å². The molecule has 0 amide bonds. The molecule has 1 fully saturated rings. The van der Waals surface area contributed by atoms with Gasteiger partial charge in [0.1, 0.15) is 6.10 Å². The lowest BCUT2D eigenvalue weighted by Gasteiger charge is -2.10. The van der Waals surface area contributed by atoms with Gasteiger partial charge in [-0.2, -0.15) is 0 Å². The summed E-state index contributed by atoms with van der Waals surface area (Å²) in [5.74, 6) is 0.174. The summed E-state index contributed by atoms with van der Waals surface area (Å²) in [6.07, 6.45) is 0.159. The van der Waals surface area contributed by atoms with Crippen LogP contribution in [0.5, 0.6) is 0 Å². The molecule has 1 saturated heterocycles. The summed E-state index contributed by atoms with van der Waals surface area (Å²) >= 11 is 0. The number of benzene rings is 2. The number of hydrogen-bond acceptors (Lipinski definition) is 4. The Bertz CT molecular complexity index is 598. The quantitative estimate of drug-likeness (QED) is 0.916. The van der Waals surface area contributed by atoms with Gasteiger partial charge in [0.05, 0.1) is 25.9 Å². The van der Waals surface area contributed by atoms with Crippen LogP contribution in [0.4, 0.5) is 0 Å². The van der Waals surface area contributed by atoms with Crippen molar-refractivity contribution in [2.75, 3.05) is 6.61 Å². The normalized spacial score (nSPS) is 19.7. The Hall–Kier alpha value is -2.01. The van der Waals surface area contributed by atoms with Crippen molar-refractivity contribution in [3.8, 4) is 0 Å². The molecular formula is C20H24O4. The molecule has 1 N–H and O–H groups in total. The second-order valence-electron chi connectivity index (χ2n) is 5.72. The van der Waals surface area contributed by atoms with E-state index in [1.807, 2.05) is 60.7 Å². The van der Waals surface area contributed by atoms with E-state index in [0.717, 1.165) is 11.1 Å². The third-order valence-corrected chi connectivity index (χ3v) is 3.72. The number of hydrogen-bond donors (Lipinski definition) is 1. The maximum atomic E-state index is 11.2. The maximum Gasteiger partial charge on any atom is 0.163 e. The van der Waals surface area contributed by atoms with Crippen molar-refractivity contribution in [1.29, 1.82) is 0 Å². The summed E-state index contributed by atoms with van der Waals surface area (Å²) in [5.41, 5.74) is 2.10. The number of aliphatic hydroxyl groups is 1. The van der Waals surface area contributed by atoms with E-state index in [2.05, 4.69) is 0 Å². The van der Waals surface area contributed by atoms with Gasteiger partial charge in [-0.05, 0) is 18.1 Å². The summed E-state index contributed by atoms with van der Waals surface area (Å²) in [6.45, 7) is 2.99. The van der Waals surface area contributed by atoms with Crippen molar-refractivity contribution in [2.45, 2.75) is 38.8 Å². The average Bonchev–Trinajstić information content (AvgIpc) is 2.95. The van der Waals surface area contributed by atoms with Gasteiger partial charge in [-0.25, -0.2) is 0 Å². The van der Waals surface area contributed by atoms with E-state index in [1.54, 1.807) is 6.92 Å². The van der Waals surface area contributed by atoms with Crippen LogP contribution in [0.3, 0.4) is 0 Å². The summed E-state index contributed by atoms with van der Waals surface area (Å²) in [7, 11) is 0. The molecule has 2 atom stereocenters. The van der Waals surface area contributed by atoms with Gasteiger partial charge in [0, 0.05) is 6.42 Å². The molecule has 0 saturated carbocycles. The molecule has 0 spiro atoms. The van der Waals surface area contributed by atoms with Crippen LogP contribution >= 0.6 is 0 Å². The minimum absolute atomic E-state index is 0.0637. The van der Waals surface area contributed by atoms with Gasteiger partial charge in [-0.1, -0.05) is 60.7 Å². The van der Waals surface area contributed by atoms with Gasteiger partial charge < -0.3 is 14.6 Å².